The SMILES string of the molecule is C=C/C=C\C(=C/CC)Nc1cc(=O)c2c(C(F)(F)F)cc(CN(C(C)=O)c3ccccc3)nc2n1C(/C=C\C)=C/C=C. The van der Waals surface area contributed by atoms with Crippen molar-refractivity contribution >= 4 is 34.1 Å². The molecule has 0 radical (unpaired) electrons. The van der Waals surface area contributed by atoms with Gasteiger partial charge in [-0.1, -0.05) is 68.7 Å². The molecule has 0 aliphatic rings. The Hall–Kier alpha value is -4.92. The van der Waals surface area contributed by atoms with Crippen LogP contribution in [0.1, 0.15) is 38.4 Å². The Morgan fingerprint density at radius 3 is 2.40 bits per heavy atom. The van der Waals surface area contributed by atoms with E-state index in [4.69, 9.17) is 0 Å². The van der Waals surface area contributed by atoms with Gasteiger partial charge < -0.3 is 10.2 Å². The van der Waals surface area contributed by atoms with Gasteiger partial charge in [-0.25, -0.2) is 4.98 Å². The summed E-state index contributed by atoms with van der Waals surface area (Å²) in [6.07, 6.45) is 9.12. The zero-order valence-corrected chi connectivity index (χ0v) is 23.8. The van der Waals surface area contributed by atoms with Crippen molar-refractivity contribution in [1.29, 1.82) is 0 Å². The lowest BCUT2D eigenvalue weighted by atomic mass is 10.1. The number of hydrogen-bond acceptors (Lipinski definition) is 4. The molecule has 0 aliphatic heterocycles. The summed E-state index contributed by atoms with van der Waals surface area (Å²) in [4.78, 5) is 31.9. The van der Waals surface area contributed by atoms with Crippen molar-refractivity contribution in [1.82, 2.24) is 9.55 Å². The standard InChI is InChI=1S/C33H33F3N4O2/c1-6-10-17-24(14-7-2)37-30-21-29(42)31-28(33(34,35)36)20-25(22-39(23(5)41)26-18-12-11-13-19-26)38-32(31)40(30)27(15-8-3)16-9-4/h6,8-21,37H,1,3,7,22H2,2,4-5H3/b16-9-,17-10-,24-14+,27-15+. The fourth-order valence-electron chi connectivity index (χ4n) is 4.37. The molecule has 2 aromatic heterocycles. The molecule has 42 heavy (non-hydrogen) atoms. The molecule has 0 aliphatic carbocycles. The molecule has 218 valence electrons. The monoisotopic (exact) mass is 574 g/mol. The third-order valence-corrected chi connectivity index (χ3v) is 6.09. The number of pyridine rings is 2. The van der Waals surface area contributed by atoms with E-state index in [1.165, 1.54) is 22.5 Å². The average molecular weight is 575 g/mol. The van der Waals surface area contributed by atoms with Crippen LogP contribution in [0, 0.1) is 0 Å². The minimum atomic E-state index is -4.88. The van der Waals surface area contributed by atoms with Gasteiger partial charge >= 0.3 is 6.18 Å². The second kappa shape index (κ2) is 14.1. The van der Waals surface area contributed by atoms with Gasteiger partial charge in [0.2, 0.25) is 5.91 Å². The summed E-state index contributed by atoms with van der Waals surface area (Å²) in [5, 5.41) is 2.58. The highest BCUT2D eigenvalue weighted by Gasteiger charge is 2.36. The van der Waals surface area contributed by atoms with Gasteiger partial charge in [-0.15, -0.1) is 0 Å². The van der Waals surface area contributed by atoms with Crippen LogP contribution in [-0.4, -0.2) is 15.5 Å². The Bertz CT molecular complexity index is 1650. The average Bonchev–Trinajstić information content (AvgIpc) is 2.94. The summed E-state index contributed by atoms with van der Waals surface area (Å²) in [5.74, 6) is -0.189. The number of hydrogen-bond donors (Lipinski definition) is 1. The molecule has 3 rings (SSSR count). The van der Waals surface area contributed by atoms with Crippen LogP contribution in [0.15, 0.2) is 115 Å². The molecule has 1 aromatic carbocycles. The maximum atomic E-state index is 14.5. The van der Waals surface area contributed by atoms with Crippen molar-refractivity contribution in [3.8, 4) is 0 Å². The number of fused-ring (bicyclic) bond motifs is 1. The van der Waals surface area contributed by atoms with Gasteiger partial charge in [-0.3, -0.25) is 14.2 Å². The Morgan fingerprint density at radius 1 is 1.12 bits per heavy atom. The van der Waals surface area contributed by atoms with E-state index in [1.54, 1.807) is 73.7 Å². The first-order valence-electron chi connectivity index (χ1n) is 13.3. The van der Waals surface area contributed by atoms with Crippen molar-refractivity contribution < 1.29 is 18.0 Å². The highest BCUT2D eigenvalue weighted by Crippen LogP contribution is 2.36. The molecule has 0 bridgehead atoms. The molecule has 0 saturated heterocycles. The molecule has 1 N–H and O–H groups in total. The number of nitrogens with one attached hydrogen (secondary N) is 1. The summed E-state index contributed by atoms with van der Waals surface area (Å²) in [6.45, 7) is 12.2. The minimum absolute atomic E-state index is 0.0477. The minimum Gasteiger partial charge on any atom is -0.341 e. The van der Waals surface area contributed by atoms with Gasteiger partial charge in [0.1, 0.15) is 5.82 Å². The first-order valence-corrected chi connectivity index (χ1v) is 13.3. The second-order valence-electron chi connectivity index (χ2n) is 9.14. The number of rotatable bonds is 11. The van der Waals surface area contributed by atoms with Gasteiger partial charge in [0.15, 0.2) is 11.1 Å². The predicted octanol–water partition coefficient (Wildman–Crippen LogP) is 8.02. The molecule has 2 heterocycles. The van der Waals surface area contributed by atoms with Crippen LogP contribution in [0.4, 0.5) is 24.7 Å². The Kier molecular flexibility index (Phi) is 10.6. The number of carbonyl (C=O) groups is 1. The number of amides is 1. The molecule has 1 amide bonds. The number of anilines is 2. The van der Waals surface area contributed by atoms with Crippen LogP contribution in [0.5, 0.6) is 0 Å². The van der Waals surface area contributed by atoms with E-state index in [-0.39, 0.29) is 29.6 Å². The summed E-state index contributed by atoms with van der Waals surface area (Å²) in [7, 11) is 0. The van der Waals surface area contributed by atoms with E-state index in [9.17, 15) is 22.8 Å². The van der Waals surface area contributed by atoms with Crippen LogP contribution < -0.4 is 15.6 Å². The third-order valence-electron chi connectivity index (χ3n) is 6.09. The van der Waals surface area contributed by atoms with Gasteiger partial charge in [0, 0.05) is 30.1 Å². The lowest BCUT2D eigenvalue weighted by molar-refractivity contribution is -0.136. The van der Waals surface area contributed by atoms with Gasteiger partial charge in [0.25, 0.3) is 0 Å². The number of aromatic nitrogens is 2. The van der Waals surface area contributed by atoms with Crippen molar-refractivity contribution in [3.63, 3.8) is 0 Å². The van der Waals surface area contributed by atoms with Crippen molar-refractivity contribution in [2.45, 2.75) is 39.9 Å². The van der Waals surface area contributed by atoms with Crippen LogP contribution >= 0.6 is 0 Å². The van der Waals surface area contributed by atoms with Gasteiger partial charge in [-0.05, 0) is 49.8 Å². The Morgan fingerprint density at radius 2 is 1.83 bits per heavy atom. The molecule has 3 aromatic rings. The fraction of sp³-hybridized carbons (Fsp3) is 0.182. The van der Waals surface area contributed by atoms with Crippen LogP contribution in [0.2, 0.25) is 0 Å². The van der Waals surface area contributed by atoms with E-state index in [0.29, 0.717) is 23.5 Å². The number of para-hydroxylation sites is 1. The molecule has 0 saturated carbocycles. The Labute approximate surface area is 243 Å². The fourth-order valence-corrected chi connectivity index (χ4v) is 4.37. The molecular weight excluding hydrogens is 541 g/mol. The quantitative estimate of drug-likeness (QED) is 0.236. The van der Waals surface area contributed by atoms with Gasteiger partial charge in [-0.2, -0.15) is 13.2 Å². The maximum Gasteiger partial charge on any atom is 0.417 e. The summed E-state index contributed by atoms with van der Waals surface area (Å²) in [6, 6.07) is 10.5. The van der Waals surface area contributed by atoms with Crippen LogP contribution in [0.3, 0.4) is 0 Å². The van der Waals surface area contributed by atoms with E-state index in [2.05, 4.69) is 23.5 Å². The lowest BCUT2D eigenvalue weighted by Crippen LogP contribution is -2.29. The number of nitrogens with zero attached hydrogens (tertiary/aromatic N) is 3. The van der Waals surface area contributed by atoms with E-state index in [1.807, 2.05) is 13.0 Å². The summed E-state index contributed by atoms with van der Waals surface area (Å²) in [5.41, 5.74) is -0.759. The number of halogens is 3. The van der Waals surface area contributed by atoms with Crippen LogP contribution in [-0.2, 0) is 17.5 Å². The van der Waals surface area contributed by atoms with Crippen molar-refractivity contribution in [2.75, 3.05) is 10.2 Å². The van der Waals surface area contributed by atoms with E-state index >= 15 is 0 Å². The van der Waals surface area contributed by atoms with E-state index in [0.717, 1.165) is 12.1 Å². The predicted molar refractivity (Wildman–Crippen MR) is 165 cm³/mol. The Balaban J connectivity index is 2.46. The lowest BCUT2D eigenvalue weighted by Gasteiger charge is -2.24. The molecule has 0 unspecified atom stereocenters. The number of allylic oxidation sites excluding steroid dienone is 9. The summed E-state index contributed by atoms with van der Waals surface area (Å²) < 4.78 is 45.0. The summed E-state index contributed by atoms with van der Waals surface area (Å²) >= 11 is 0. The molecule has 6 nitrogen and oxygen atoms in total. The van der Waals surface area contributed by atoms with Crippen LogP contribution in [0.25, 0.3) is 16.7 Å². The smallest absolute Gasteiger partial charge is 0.341 e. The molecule has 0 atom stereocenters. The normalized spacial score (nSPS) is 12.7. The third kappa shape index (κ3) is 7.42. The second-order valence-corrected chi connectivity index (χ2v) is 9.14. The van der Waals surface area contributed by atoms with Gasteiger partial charge in [0.05, 0.1) is 23.2 Å². The van der Waals surface area contributed by atoms with Crippen molar-refractivity contribution in [2.24, 2.45) is 0 Å². The largest absolute Gasteiger partial charge is 0.417 e. The molecular formula is C33H33F3N4O2. The van der Waals surface area contributed by atoms with E-state index < -0.39 is 22.6 Å². The van der Waals surface area contributed by atoms with Crippen molar-refractivity contribution in [3.05, 3.63) is 131 Å². The highest BCUT2D eigenvalue weighted by molar-refractivity contribution is 5.92. The molecule has 9 heteroatoms. The maximum absolute atomic E-state index is 14.5. The molecule has 0 spiro atoms. The number of alkyl halides is 3. The first-order chi connectivity index (χ1) is 20.0. The number of benzene rings is 1. The first kappa shape index (κ1) is 31.6. The molecule has 0 fully saturated rings. The zero-order chi connectivity index (χ0) is 30.9. The number of carbonyl (C=O) groups excluding carboxylic acids is 1. The topological polar surface area (TPSA) is 67.2 Å². The highest BCUT2D eigenvalue weighted by atomic mass is 19.4. The zero-order valence-electron chi connectivity index (χ0n) is 23.8.